The lowest BCUT2D eigenvalue weighted by Crippen LogP contribution is -2.18. The lowest BCUT2D eigenvalue weighted by molar-refractivity contribution is 0.395. The molecule has 0 radical (unpaired) electrons. The maximum atomic E-state index is 7.47. The third kappa shape index (κ3) is 2.86. The van der Waals surface area contributed by atoms with E-state index < -0.39 is 6.85 Å². The third-order valence-electron chi connectivity index (χ3n) is 2.14. The van der Waals surface area contributed by atoms with Crippen molar-refractivity contribution in [3.8, 4) is 11.5 Å². The van der Waals surface area contributed by atoms with Gasteiger partial charge in [-0.05, 0) is 43.5 Å². The zero-order chi connectivity index (χ0) is 13.9. The van der Waals surface area contributed by atoms with Gasteiger partial charge in [-0.3, -0.25) is 0 Å². The van der Waals surface area contributed by atoms with Gasteiger partial charge in [-0.25, -0.2) is 0 Å². The van der Waals surface area contributed by atoms with E-state index in [9.17, 15) is 0 Å². The lowest BCUT2D eigenvalue weighted by Gasteiger charge is -2.14. The molecule has 3 nitrogen and oxygen atoms in total. The van der Waals surface area contributed by atoms with E-state index in [1.807, 2.05) is 6.92 Å². The van der Waals surface area contributed by atoms with E-state index in [1.165, 1.54) is 20.3 Å². The van der Waals surface area contributed by atoms with Crippen LogP contribution in [0.3, 0.4) is 0 Å². The van der Waals surface area contributed by atoms with Crippen LogP contribution in [-0.4, -0.2) is 20.3 Å². The molecule has 0 spiro atoms. The largest absolute Gasteiger partial charge is 0.496 e. The molecule has 1 aromatic rings. The summed E-state index contributed by atoms with van der Waals surface area (Å²) in [5.74, 6) is 0.866. The first-order valence-corrected chi connectivity index (χ1v) is 4.80. The topological polar surface area (TPSA) is 44.5 Å². The molecule has 2 N–H and O–H groups in total. The summed E-state index contributed by atoms with van der Waals surface area (Å²) in [6.07, 6.45) is 0.598. The van der Waals surface area contributed by atoms with Gasteiger partial charge in [0.15, 0.2) is 0 Å². The molecular formula is C12H19NO2. The van der Waals surface area contributed by atoms with Gasteiger partial charge in [0.25, 0.3) is 0 Å². The van der Waals surface area contributed by atoms with Crippen molar-refractivity contribution < 1.29 is 13.6 Å². The smallest absolute Gasteiger partial charge is 0.122 e. The zero-order valence-electron chi connectivity index (χ0n) is 12.3. The fourth-order valence-electron chi connectivity index (χ4n) is 1.47. The minimum Gasteiger partial charge on any atom is -0.496 e. The number of rotatable bonds is 4. The second-order valence-electron chi connectivity index (χ2n) is 3.55. The molecule has 0 aliphatic carbocycles. The van der Waals surface area contributed by atoms with Gasteiger partial charge < -0.3 is 15.2 Å². The molecule has 0 aromatic heterocycles. The van der Waals surface area contributed by atoms with Crippen molar-refractivity contribution in [3.63, 3.8) is 0 Å². The Hall–Kier alpha value is -1.22. The molecule has 1 rings (SSSR count). The van der Waals surface area contributed by atoms with Crippen molar-refractivity contribution in [2.45, 2.75) is 26.2 Å². The van der Waals surface area contributed by atoms with Crippen LogP contribution in [0.2, 0.25) is 0 Å². The van der Waals surface area contributed by atoms with Gasteiger partial charge in [-0.2, -0.15) is 0 Å². The molecule has 15 heavy (non-hydrogen) atoms. The van der Waals surface area contributed by atoms with Crippen LogP contribution in [0, 0.1) is 6.85 Å². The normalized spacial score (nSPS) is 16.1. The summed E-state index contributed by atoms with van der Waals surface area (Å²) in [5, 5.41) is 0. The van der Waals surface area contributed by atoms with E-state index in [0.29, 0.717) is 17.9 Å². The molecule has 0 aliphatic heterocycles. The minimum atomic E-state index is -2.23. The molecule has 0 aliphatic rings. The molecule has 0 saturated carbocycles. The monoisotopic (exact) mass is 212 g/mol. The van der Waals surface area contributed by atoms with E-state index >= 15 is 0 Å². The Morgan fingerprint density at radius 1 is 1.33 bits per heavy atom. The number of nitrogens with two attached hydrogens (primary N) is 1. The van der Waals surface area contributed by atoms with Gasteiger partial charge in [0.05, 0.1) is 14.2 Å². The Kier molecular flexibility index (Phi) is 2.68. The van der Waals surface area contributed by atoms with Gasteiger partial charge in [-0.1, -0.05) is 0 Å². The van der Waals surface area contributed by atoms with Crippen LogP contribution in [0.15, 0.2) is 12.1 Å². The van der Waals surface area contributed by atoms with Gasteiger partial charge in [0.1, 0.15) is 11.5 Å². The van der Waals surface area contributed by atoms with Crippen molar-refractivity contribution >= 4 is 0 Å². The molecule has 0 heterocycles. The van der Waals surface area contributed by atoms with E-state index in [2.05, 4.69) is 0 Å². The fourth-order valence-corrected chi connectivity index (χ4v) is 1.47. The molecule has 0 saturated heterocycles. The zero-order valence-corrected chi connectivity index (χ0v) is 9.33. The van der Waals surface area contributed by atoms with Crippen LogP contribution in [0.25, 0.3) is 0 Å². The van der Waals surface area contributed by atoms with Crippen molar-refractivity contribution in [2.24, 2.45) is 5.73 Å². The van der Waals surface area contributed by atoms with Crippen molar-refractivity contribution in [2.75, 3.05) is 14.2 Å². The van der Waals surface area contributed by atoms with Crippen LogP contribution >= 0.6 is 0 Å². The molecule has 0 amide bonds. The van der Waals surface area contributed by atoms with Crippen molar-refractivity contribution in [1.82, 2.24) is 0 Å². The van der Waals surface area contributed by atoms with E-state index in [1.54, 1.807) is 6.07 Å². The summed E-state index contributed by atoms with van der Waals surface area (Å²) in [7, 11) is 2.96. The van der Waals surface area contributed by atoms with Crippen molar-refractivity contribution in [1.29, 1.82) is 0 Å². The van der Waals surface area contributed by atoms with Gasteiger partial charge in [0, 0.05) is 10.2 Å². The maximum absolute atomic E-state index is 7.47. The lowest BCUT2D eigenvalue weighted by atomic mass is 10.0. The summed E-state index contributed by atoms with van der Waals surface area (Å²) in [4.78, 5) is 0. The Bertz CT molecular complexity index is 417. The Labute approximate surface area is 95.4 Å². The maximum Gasteiger partial charge on any atom is 0.122 e. The minimum absolute atomic E-state index is 0.0396. The third-order valence-corrected chi connectivity index (χ3v) is 2.14. The molecular weight excluding hydrogens is 190 g/mol. The molecule has 3 heteroatoms. The number of ether oxygens (including phenoxy) is 2. The van der Waals surface area contributed by atoms with Crippen LogP contribution < -0.4 is 15.2 Å². The molecule has 84 valence electrons. The summed E-state index contributed by atoms with van der Waals surface area (Å²) in [6, 6.07) is 3.15. The highest BCUT2D eigenvalue weighted by Crippen LogP contribution is 2.28. The quantitative estimate of drug-likeness (QED) is 0.829. The first-order chi connectivity index (χ1) is 8.29. The summed E-state index contributed by atoms with van der Waals surface area (Å²) < 4.78 is 32.8. The second kappa shape index (κ2) is 5.03. The van der Waals surface area contributed by atoms with E-state index in [4.69, 9.17) is 19.3 Å². The highest BCUT2D eigenvalue weighted by molar-refractivity contribution is 5.46. The van der Waals surface area contributed by atoms with E-state index in [-0.39, 0.29) is 11.6 Å². The first-order valence-electron chi connectivity index (χ1n) is 6.30. The summed E-state index contributed by atoms with van der Waals surface area (Å²) >= 11 is 0. The average Bonchev–Trinajstić information content (AvgIpc) is 2.26. The highest BCUT2D eigenvalue weighted by atomic mass is 16.5. The number of aryl methyl sites for hydroxylation is 1. The van der Waals surface area contributed by atoms with E-state index in [0.717, 1.165) is 5.56 Å². The Morgan fingerprint density at radius 3 is 2.47 bits per heavy atom. The summed E-state index contributed by atoms with van der Waals surface area (Å²) in [5.41, 5.74) is 6.75. The van der Waals surface area contributed by atoms with Crippen LogP contribution in [0.5, 0.6) is 11.5 Å². The number of hydrogen-bond donors (Lipinski definition) is 1. The molecule has 1 unspecified atom stereocenters. The van der Waals surface area contributed by atoms with Crippen LogP contribution in [0.4, 0.5) is 0 Å². The SMILES string of the molecule is [2H]C([2H])([2H])c1cc(OC)c(CC(C)N)cc1OC. The van der Waals surface area contributed by atoms with Crippen LogP contribution in [-0.2, 0) is 6.42 Å². The number of hydrogen-bond acceptors (Lipinski definition) is 3. The highest BCUT2D eigenvalue weighted by Gasteiger charge is 2.09. The predicted molar refractivity (Wildman–Crippen MR) is 61.6 cm³/mol. The molecule has 1 atom stereocenters. The number of methoxy groups -OCH3 is 2. The number of benzene rings is 1. The van der Waals surface area contributed by atoms with Gasteiger partial charge >= 0.3 is 0 Å². The predicted octanol–water partition coefficient (Wildman–Crippen LogP) is 1.90. The van der Waals surface area contributed by atoms with Crippen molar-refractivity contribution in [3.05, 3.63) is 23.3 Å². The fraction of sp³-hybridized carbons (Fsp3) is 0.500. The molecule has 1 aromatic carbocycles. The molecule has 0 fully saturated rings. The second-order valence-corrected chi connectivity index (χ2v) is 3.55. The Balaban J connectivity index is 3.32. The van der Waals surface area contributed by atoms with Crippen LogP contribution in [0.1, 0.15) is 22.2 Å². The van der Waals surface area contributed by atoms with Gasteiger partial charge in [0.2, 0.25) is 0 Å². The van der Waals surface area contributed by atoms with Gasteiger partial charge in [-0.15, -0.1) is 0 Å². The first kappa shape index (κ1) is 7.99. The average molecular weight is 212 g/mol. The summed E-state index contributed by atoms with van der Waals surface area (Å²) in [6.45, 7) is -0.352. The standard InChI is InChI=1S/C12H19NO2/c1-8-5-12(15-4)10(6-9(2)13)7-11(8)14-3/h5,7,9H,6,13H2,1-4H3/i1D3. The molecule has 0 bridgehead atoms. The Morgan fingerprint density at radius 2 is 2.00 bits per heavy atom.